The molecular formula is C11H25NS. The fourth-order valence-electron chi connectivity index (χ4n) is 1.03. The largest absolute Gasteiger partial charge is 0.313 e. The Kier molecular flexibility index (Phi) is 7.87. The first-order chi connectivity index (χ1) is 6.07. The van der Waals surface area contributed by atoms with Crippen molar-refractivity contribution in [1.82, 2.24) is 5.32 Å². The second kappa shape index (κ2) is 7.69. The summed E-state index contributed by atoms with van der Waals surface area (Å²) in [6.07, 6.45) is 1.23. The molecule has 0 spiro atoms. The van der Waals surface area contributed by atoms with Crippen molar-refractivity contribution >= 4 is 11.8 Å². The monoisotopic (exact) mass is 203 g/mol. The van der Waals surface area contributed by atoms with E-state index >= 15 is 0 Å². The van der Waals surface area contributed by atoms with Crippen LogP contribution in [0.2, 0.25) is 0 Å². The summed E-state index contributed by atoms with van der Waals surface area (Å²) >= 11 is 2.08. The Morgan fingerprint density at radius 2 is 1.77 bits per heavy atom. The quantitative estimate of drug-likeness (QED) is 0.682. The van der Waals surface area contributed by atoms with Gasteiger partial charge in [-0.05, 0) is 31.6 Å². The number of rotatable bonds is 7. The molecule has 0 aromatic carbocycles. The molecule has 1 nitrogen and oxygen atoms in total. The summed E-state index contributed by atoms with van der Waals surface area (Å²) in [7, 11) is 0. The third-order valence-corrected chi connectivity index (χ3v) is 3.91. The molecule has 0 saturated carbocycles. The van der Waals surface area contributed by atoms with Crippen LogP contribution in [0.5, 0.6) is 0 Å². The van der Waals surface area contributed by atoms with Crippen LogP contribution in [-0.4, -0.2) is 23.6 Å². The van der Waals surface area contributed by atoms with Gasteiger partial charge in [0, 0.05) is 11.3 Å². The average molecular weight is 203 g/mol. The maximum atomic E-state index is 3.53. The Bertz CT molecular complexity index is 115. The molecule has 0 rings (SSSR count). The van der Waals surface area contributed by atoms with E-state index in [9.17, 15) is 0 Å². The van der Waals surface area contributed by atoms with Gasteiger partial charge in [0.15, 0.2) is 0 Å². The van der Waals surface area contributed by atoms with Gasteiger partial charge in [-0.25, -0.2) is 0 Å². The van der Waals surface area contributed by atoms with E-state index in [1.807, 2.05) is 0 Å². The number of hydrogen-bond donors (Lipinski definition) is 1. The summed E-state index contributed by atoms with van der Waals surface area (Å²) in [5.41, 5.74) is 0. The lowest BCUT2D eigenvalue weighted by Crippen LogP contribution is -2.34. The van der Waals surface area contributed by atoms with Gasteiger partial charge in [-0.2, -0.15) is 11.8 Å². The van der Waals surface area contributed by atoms with Crippen molar-refractivity contribution in [1.29, 1.82) is 0 Å². The van der Waals surface area contributed by atoms with Crippen molar-refractivity contribution in [3.8, 4) is 0 Å². The zero-order chi connectivity index (χ0) is 10.3. The minimum Gasteiger partial charge on any atom is -0.313 e. The van der Waals surface area contributed by atoms with Gasteiger partial charge in [0.2, 0.25) is 0 Å². The van der Waals surface area contributed by atoms with Crippen molar-refractivity contribution < 1.29 is 0 Å². The van der Waals surface area contributed by atoms with Gasteiger partial charge in [-0.1, -0.05) is 27.7 Å². The van der Waals surface area contributed by atoms with Gasteiger partial charge >= 0.3 is 0 Å². The van der Waals surface area contributed by atoms with E-state index in [0.717, 1.165) is 17.7 Å². The zero-order valence-corrected chi connectivity index (χ0v) is 10.6. The van der Waals surface area contributed by atoms with Crippen LogP contribution in [0.1, 0.15) is 41.0 Å². The first-order valence-corrected chi connectivity index (χ1v) is 6.47. The highest BCUT2D eigenvalue weighted by molar-refractivity contribution is 7.99. The van der Waals surface area contributed by atoms with Crippen LogP contribution >= 0.6 is 11.8 Å². The number of nitrogens with one attached hydrogen (secondary N) is 1. The highest BCUT2D eigenvalue weighted by Gasteiger charge is 2.11. The molecule has 2 atom stereocenters. The van der Waals surface area contributed by atoms with Crippen LogP contribution in [0.3, 0.4) is 0 Å². The van der Waals surface area contributed by atoms with Crippen LogP contribution in [-0.2, 0) is 0 Å². The molecule has 13 heavy (non-hydrogen) atoms. The smallest absolute Gasteiger partial charge is 0.0170 e. The van der Waals surface area contributed by atoms with Crippen molar-refractivity contribution in [2.24, 2.45) is 5.92 Å². The van der Waals surface area contributed by atoms with Gasteiger partial charge in [0.25, 0.3) is 0 Å². The van der Waals surface area contributed by atoms with E-state index in [1.54, 1.807) is 0 Å². The first kappa shape index (κ1) is 13.3. The highest BCUT2D eigenvalue weighted by atomic mass is 32.2. The first-order valence-electron chi connectivity index (χ1n) is 5.42. The summed E-state index contributed by atoms with van der Waals surface area (Å²) in [5.74, 6) is 2.09. The molecule has 0 saturated heterocycles. The van der Waals surface area contributed by atoms with E-state index < -0.39 is 0 Å². The molecule has 0 amide bonds. The van der Waals surface area contributed by atoms with Crippen LogP contribution in [0.15, 0.2) is 0 Å². The number of hydrogen-bond acceptors (Lipinski definition) is 2. The predicted octanol–water partition coefficient (Wildman–Crippen LogP) is 3.15. The Hall–Kier alpha value is 0.310. The van der Waals surface area contributed by atoms with Crippen LogP contribution in [0, 0.1) is 5.92 Å². The Morgan fingerprint density at radius 1 is 1.15 bits per heavy atom. The maximum Gasteiger partial charge on any atom is 0.0170 e. The van der Waals surface area contributed by atoms with Crippen LogP contribution in [0.25, 0.3) is 0 Å². The number of thioether (sulfide) groups is 1. The summed E-state index contributed by atoms with van der Waals surface area (Å²) in [4.78, 5) is 0. The lowest BCUT2D eigenvalue weighted by Gasteiger charge is -2.21. The summed E-state index contributed by atoms with van der Waals surface area (Å²) in [5, 5.41) is 4.27. The lowest BCUT2D eigenvalue weighted by atomic mass is 10.2. The molecular weight excluding hydrogens is 178 g/mol. The van der Waals surface area contributed by atoms with Crippen molar-refractivity contribution in [2.45, 2.75) is 52.3 Å². The van der Waals surface area contributed by atoms with Gasteiger partial charge in [0.1, 0.15) is 0 Å². The van der Waals surface area contributed by atoms with Crippen molar-refractivity contribution in [3.63, 3.8) is 0 Å². The van der Waals surface area contributed by atoms with E-state index in [2.05, 4.69) is 51.7 Å². The van der Waals surface area contributed by atoms with Crippen LogP contribution < -0.4 is 5.32 Å². The topological polar surface area (TPSA) is 12.0 Å². The normalized spacial score (nSPS) is 16.2. The van der Waals surface area contributed by atoms with E-state index in [1.165, 1.54) is 12.2 Å². The van der Waals surface area contributed by atoms with Crippen molar-refractivity contribution in [3.05, 3.63) is 0 Å². The highest BCUT2D eigenvalue weighted by Crippen LogP contribution is 2.17. The lowest BCUT2D eigenvalue weighted by molar-refractivity contribution is 0.541. The Balaban J connectivity index is 3.50. The fraction of sp³-hybridized carbons (Fsp3) is 1.00. The standard InChI is InChI=1S/C11H25NS/c1-6-7-12-10(4)11(5)13-8-9(2)3/h9-12H,6-8H2,1-5H3. The summed E-state index contributed by atoms with van der Waals surface area (Å²) < 4.78 is 0. The predicted molar refractivity (Wildman–Crippen MR) is 64.5 cm³/mol. The van der Waals surface area contributed by atoms with Crippen molar-refractivity contribution in [2.75, 3.05) is 12.3 Å². The summed E-state index contributed by atoms with van der Waals surface area (Å²) in [6.45, 7) is 12.5. The molecule has 0 aromatic heterocycles. The van der Waals surface area contributed by atoms with Gasteiger partial charge < -0.3 is 5.32 Å². The van der Waals surface area contributed by atoms with Crippen LogP contribution in [0.4, 0.5) is 0 Å². The second-order valence-electron chi connectivity index (χ2n) is 4.18. The van der Waals surface area contributed by atoms with Gasteiger partial charge in [-0.3, -0.25) is 0 Å². The zero-order valence-electron chi connectivity index (χ0n) is 9.76. The molecule has 2 unspecified atom stereocenters. The molecule has 1 N–H and O–H groups in total. The molecule has 0 aliphatic heterocycles. The van der Waals surface area contributed by atoms with Gasteiger partial charge in [-0.15, -0.1) is 0 Å². The molecule has 0 heterocycles. The maximum absolute atomic E-state index is 3.53. The van der Waals surface area contributed by atoms with E-state index in [-0.39, 0.29) is 0 Å². The summed E-state index contributed by atoms with van der Waals surface area (Å²) in [6, 6.07) is 0.642. The molecule has 0 bridgehead atoms. The van der Waals surface area contributed by atoms with Gasteiger partial charge in [0.05, 0.1) is 0 Å². The molecule has 0 radical (unpaired) electrons. The third kappa shape index (κ3) is 7.39. The second-order valence-corrected chi connectivity index (χ2v) is 5.59. The Morgan fingerprint density at radius 3 is 2.23 bits per heavy atom. The Labute approximate surface area is 88.1 Å². The molecule has 0 aromatic rings. The fourth-order valence-corrected chi connectivity index (χ4v) is 2.10. The molecule has 80 valence electrons. The third-order valence-electron chi connectivity index (χ3n) is 2.11. The minimum absolute atomic E-state index is 0.642. The average Bonchev–Trinajstić information content (AvgIpc) is 2.10. The minimum atomic E-state index is 0.642. The molecule has 0 fully saturated rings. The molecule has 2 heteroatoms. The SMILES string of the molecule is CCCNC(C)C(C)SCC(C)C. The molecule has 0 aliphatic rings. The van der Waals surface area contributed by atoms with E-state index in [0.29, 0.717) is 6.04 Å². The van der Waals surface area contributed by atoms with E-state index in [4.69, 9.17) is 0 Å². The molecule has 0 aliphatic carbocycles.